The van der Waals surface area contributed by atoms with Gasteiger partial charge in [-0.2, -0.15) is 0 Å². The predicted molar refractivity (Wildman–Crippen MR) is 60.7 cm³/mol. The minimum absolute atomic E-state index is 0.241. The lowest BCUT2D eigenvalue weighted by molar-refractivity contribution is 0.266. The monoisotopic (exact) mass is 214 g/mol. The third-order valence-corrected chi connectivity index (χ3v) is 2.33. The molecule has 0 aliphatic rings. The van der Waals surface area contributed by atoms with E-state index in [1.807, 2.05) is 30.3 Å². The van der Waals surface area contributed by atoms with Crippen LogP contribution in [0.5, 0.6) is 0 Å². The second kappa shape index (κ2) is 4.61. The molecule has 0 amide bonds. The Hall–Kier alpha value is -2.10. The quantitative estimate of drug-likeness (QED) is 0.484. The lowest BCUT2D eigenvalue weighted by Gasteiger charge is -2.07. The molecule has 5 heteroatoms. The van der Waals surface area contributed by atoms with Gasteiger partial charge in [-0.25, -0.2) is 0 Å². The number of azide groups is 1. The molecule has 0 spiro atoms. The zero-order chi connectivity index (χ0) is 11.4. The summed E-state index contributed by atoms with van der Waals surface area (Å²) in [5.74, 6) is 0. The number of aromatic nitrogens is 1. The van der Waals surface area contributed by atoms with Crippen LogP contribution in [0.4, 0.5) is 0 Å². The highest BCUT2D eigenvalue weighted by Gasteiger charge is 2.09. The average molecular weight is 214 g/mol. The van der Waals surface area contributed by atoms with Gasteiger partial charge in [0.1, 0.15) is 6.04 Å². The Morgan fingerprint density at radius 2 is 2.12 bits per heavy atom. The molecule has 0 fully saturated rings. The van der Waals surface area contributed by atoms with E-state index in [9.17, 15) is 0 Å². The van der Waals surface area contributed by atoms with Crippen molar-refractivity contribution in [3.63, 3.8) is 0 Å². The van der Waals surface area contributed by atoms with Gasteiger partial charge >= 0.3 is 0 Å². The second-order valence-electron chi connectivity index (χ2n) is 3.33. The maximum Gasteiger partial charge on any atom is 0.103 e. The second-order valence-corrected chi connectivity index (χ2v) is 3.33. The van der Waals surface area contributed by atoms with Crippen LogP contribution in [-0.2, 0) is 0 Å². The van der Waals surface area contributed by atoms with Crippen molar-refractivity contribution < 1.29 is 5.11 Å². The third kappa shape index (κ3) is 1.95. The number of aliphatic hydroxyl groups excluding tert-OH is 1. The van der Waals surface area contributed by atoms with Crippen molar-refractivity contribution in [2.24, 2.45) is 5.11 Å². The van der Waals surface area contributed by atoms with E-state index < -0.39 is 6.04 Å². The Morgan fingerprint density at radius 1 is 1.31 bits per heavy atom. The molecular formula is C11H10N4O. The van der Waals surface area contributed by atoms with E-state index in [0.717, 1.165) is 10.9 Å². The smallest absolute Gasteiger partial charge is 0.103 e. The fourth-order valence-electron chi connectivity index (χ4n) is 1.52. The number of benzene rings is 1. The number of pyridine rings is 1. The molecule has 1 atom stereocenters. The maximum atomic E-state index is 9.08. The summed E-state index contributed by atoms with van der Waals surface area (Å²) in [6.07, 6.45) is 0. The van der Waals surface area contributed by atoms with Crippen molar-refractivity contribution in [1.29, 1.82) is 0 Å². The number of aliphatic hydroxyl groups is 1. The molecule has 0 saturated heterocycles. The van der Waals surface area contributed by atoms with Gasteiger partial charge in [0.2, 0.25) is 0 Å². The molecule has 80 valence electrons. The molecule has 1 unspecified atom stereocenters. The molecule has 1 N–H and O–H groups in total. The van der Waals surface area contributed by atoms with E-state index in [2.05, 4.69) is 15.0 Å². The Labute approximate surface area is 92.0 Å². The molecule has 16 heavy (non-hydrogen) atoms. The molecule has 1 aromatic carbocycles. The Balaban J connectivity index is 2.49. The molecule has 0 saturated carbocycles. The minimum Gasteiger partial charge on any atom is -0.396 e. The van der Waals surface area contributed by atoms with Gasteiger partial charge in [0, 0.05) is 10.3 Å². The molecule has 5 nitrogen and oxygen atoms in total. The number of para-hydroxylation sites is 1. The summed E-state index contributed by atoms with van der Waals surface area (Å²) in [7, 11) is 0. The van der Waals surface area contributed by atoms with E-state index in [-0.39, 0.29) is 6.61 Å². The number of nitrogens with zero attached hydrogens (tertiary/aromatic N) is 4. The van der Waals surface area contributed by atoms with Gasteiger partial charge in [-0.15, -0.1) is 0 Å². The van der Waals surface area contributed by atoms with Gasteiger partial charge in [-0.05, 0) is 17.7 Å². The molecule has 0 radical (unpaired) electrons. The van der Waals surface area contributed by atoms with Crippen LogP contribution in [0.3, 0.4) is 0 Å². The van der Waals surface area contributed by atoms with E-state index >= 15 is 0 Å². The van der Waals surface area contributed by atoms with Crippen LogP contribution in [0.1, 0.15) is 11.7 Å². The van der Waals surface area contributed by atoms with Gasteiger partial charge in [0.05, 0.1) is 17.8 Å². The summed E-state index contributed by atoms with van der Waals surface area (Å²) in [4.78, 5) is 7.03. The lowest BCUT2D eigenvalue weighted by atomic mass is 10.1. The first kappa shape index (κ1) is 10.4. The summed E-state index contributed by atoms with van der Waals surface area (Å²) in [6, 6.07) is 10.7. The molecule has 2 rings (SSSR count). The van der Waals surface area contributed by atoms with Crippen molar-refractivity contribution in [3.05, 3.63) is 52.5 Å². The van der Waals surface area contributed by atoms with E-state index in [1.165, 1.54) is 0 Å². The molecule has 1 heterocycles. The predicted octanol–water partition coefficient (Wildman–Crippen LogP) is 2.58. The van der Waals surface area contributed by atoms with E-state index in [4.69, 9.17) is 10.6 Å². The largest absolute Gasteiger partial charge is 0.396 e. The third-order valence-electron chi connectivity index (χ3n) is 2.33. The highest BCUT2D eigenvalue weighted by Crippen LogP contribution is 2.18. The number of rotatable bonds is 3. The Morgan fingerprint density at radius 3 is 2.88 bits per heavy atom. The first-order chi connectivity index (χ1) is 7.85. The first-order valence-electron chi connectivity index (χ1n) is 4.86. The Kier molecular flexibility index (Phi) is 3.00. The fourth-order valence-corrected chi connectivity index (χ4v) is 1.52. The highest BCUT2D eigenvalue weighted by molar-refractivity contribution is 5.78. The lowest BCUT2D eigenvalue weighted by Crippen LogP contribution is -2.02. The van der Waals surface area contributed by atoms with Crippen LogP contribution >= 0.6 is 0 Å². The molecule has 2 aromatic rings. The standard InChI is InChI=1S/C11H10N4O/c12-15-14-11(7-16)10-6-5-8-3-1-2-4-9(8)13-10/h1-6,11,16H,7H2. The molecule has 0 bridgehead atoms. The van der Waals surface area contributed by atoms with Crippen LogP contribution in [-0.4, -0.2) is 16.7 Å². The van der Waals surface area contributed by atoms with Crippen molar-refractivity contribution in [2.45, 2.75) is 6.04 Å². The summed E-state index contributed by atoms with van der Waals surface area (Å²) in [6.45, 7) is -0.241. The Bertz CT molecular complexity index is 548. The van der Waals surface area contributed by atoms with Crippen molar-refractivity contribution in [3.8, 4) is 0 Å². The molecule has 0 aliphatic heterocycles. The molecular weight excluding hydrogens is 204 g/mol. The maximum absolute atomic E-state index is 9.08. The van der Waals surface area contributed by atoms with Gasteiger partial charge in [0.25, 0.3) is 0 Å². The zero-order valence-corrected chi connectivity index (χ0v) is 8.48. The number of hydrogen-bond acceptors (Lipinski definition) is 3. The average Bonchev–Trinajstić information content (AvgIpc) is 2.35. The zero-order valence-electron chi connectivity index (χ0n) is 8.48. The van der Waals surface area contributed by atoms with Crippen molar-refractivity contribution in [2.75, 3.05) is 6.61 Å². The normalized spacial score (nSPS) is 12.1. The first-order valence-corrected chi connectivity index (χ1v) is 4.86. The number of hydrogen-bond donors (Lipinski definition) is 1. The van der Waals surface area contributed by atoms with Gasteiger partial charge in [-0.3, -0.25) is 4.98 Å². The fraction of sp³-hybridized carbons (Fsp3) is 0.182. The van der Waals surface area contributed by atoms with Crippen LogP contribution < -0.4 is 0 Å². The molecule has 1 aromatic heterocycles. The van der Waals surface area contributed by atoms with Gasteiger partial charge in [0.15, 0.2) is 0 Å². The van der Waals surface area contributed by atoms with Gasteiger partial charge in [-0.1, -0.05) is 29.4 Å². The molecule has 0 aliphatic carbocycles. The van der Waals surface area contributed by atoms with Crippen LogP contribution in [0.25, 0.3) is 21.3 Å². The summed E-state index contributed by atoms with van der Waals surface area (Å²) in [5, 5.41) is 13.6. The van der Waals surface area contributed by atoms with Gasteiger partial charge < -0.3 is 5.11 Å². The SMILES string of the molecule is [N-]=[N+]=NC(CO)c1ccc2ccccc2n1. The summed E-state index contributed by atoms with van der Waals surface area (Å²) in [5.41, 5.74) is 9.77. The van der Waals surface area contributed by atoms with Crippen molar-refractivity contribution in [1.82, 2.24) is 4.98 Å². The minimum atomic E-state index is -0.616. The number of fused-ring (bicyclic) bond motifs is 1. The van der Waals surface area contributed by atoms with Crippen molar-refractivity contribution >= 4 is 10.9 Å². The highest BCUT2D eigenvalue weighted by atomic mass is 16.3. The van der Waals surface area contributed by atoms with Crippen LogP contribution in [0, 0.1) is 0 Å². The van der Waals surface area contributed by atoms with E-state index in [0.29, 0.717) is 5.69 Å². The van der Waals surface area contributed by atoms with Crippen LogP contribution in [0.15, 0.2) is 41.5 Å². The summed E-state index contributed by atoms with van der Waals surface area (Å²) >= 11 is 0. The summed E-state index contributed by atoms with van der Waals surface area (Å²) < 4.78 is 0. The topological polar surface area (TPSA) is 81.9 Å². The van der Waals surface area contributed by atoms with Crippen LogP contribution in [0.2, 0.25) is 0 Å². The van der Waals surface area contributed by atoms with E-state index in [1.54, 1.807) is 6.07 Å².